The Balaban J connectivity index is 2.36. The van der Waals surface area contributed by atoms with Gasteiger partial charge in [-0.3, -0.25) is 0 Å². The maximum atomic E-state index is 8.54. The third-order valence-corrected chi connectivity index (χ3v) is 0.798. The van der Waals surface area contributed by atoms with Crippen molar-refractivity contribution in [3.05, 3.63) is 12.2 Å². The van der Waals surface area contributed by atoms with Crippen molar-refractivity contribution in [3.8, 4) is 0 Å². The Hall–Kier alpha value is -0.340. The molecule has 39 valence electrons. The van der Waals surface area contributed by atoms with Gasteiger partial charge >= 0.3 is 0 Å². The van der Waals surface area contributed by atoms with E-state index in [1.54, 1.807) is 6.08 Å². The summed E-state index contributed by atoms with van der Waals surface area (Å²) in [6.45, 7) is 0.619. The first kappa shape index (κ1) is 4.81. The van der Waals surface area contributed by atoms with E-state index in [9.17, 15) is 0 Å². The van der Waals surface area contributed by atoms with E-state index >= 15 is 0 Å². The van der Waals surface area contributed by atoms with Gasteiger partial charge < -0.3 is 9.84 Å². The molecule has 1 radical (unpaired) electrons. The Morgan fingerprint density at radius 1 is 1.86 bits per heavy atom. The summed E-state index contributed by atoms with van der Waals surface area (Å²) in [7, 11) is 0. The van der Waals surface area contributed by atoms with Gasteiger partial charge in [0.1, 0.15) is 0 Å². The highest BCUT2D eigenvalue weighted by molar-refractivity contribution is 4.79. The van der Waals surface area contributed by atoms with E-state index in [4.69, 9.17) is 9.84 Å². The molecule has 0 spiro atoms. The summed E-state index contributed by atoms with van der Waals surface area (Å²) < 4.78 is 4.69. The fraction of sp³-hybridized carbons (Fsp3) is 0.600. The van der Waals surface area contributed by atoms with Crippen molar-refractivity contribution < 1.29 is 9.84 Å². The van der Waals surface area contributed by atoms with Crippen LogP contribution in [0.2, 0.25) is 0 Å². The Morgan fingerprint density at radius 2 is 2.71 bits per heavy atom. The number of rotatable bonds is 0. The van der Waals surface area contributed by atoms with Crippen molar-refractivity contribution in [2.45, 2.75) is 12.7 Å². The molecule has 0 aromatic carbocycles. The van der Waals surface area contributed by atoms with Crippen LogP contribution in [-0.4, -0.2) is 18.0 Å². The molecule has 0 saturated heterocycles. The number of hydrogen-bond acceptors (Lipinski definition) is 2. The van der Waals surface area contributed by atoms with Crippen molar-refractivity contribution in [2.75, 3.05) is 6.61 Å². The van der Waals surface area contributed by atoms with E-state index in [1.165, 1.54) is 0 Å². The van der Waals surface area contributed by atoms with Crippen LogP contribution >= 0.6 is 0 Å². The van der Waals surface area contributed by atoms with Crippen molar-refractivity contribution in [1.29, 1.82) is 0 Å². The first-order valence-electron chi connectivity index (χ1n) is 2.27. The lowest BCUT2D eigenvalue weighted by Crippen LogP contribution is -2.13. The number of aliphatic hydroxyl groups excluding tert-OH is 1. The Bertz CT molecular complexity index is 78.1. The maximum absolute atomic E-state index is 8.54. The van der Waals surface area contributed by atoms with Crippen LogP contribution in [0.3, 0.4) is 0 Å². The smallest absolute Gasteiger partial charge is 0.181 e. The second kappa shape index (κ2) is 2.09. The van der Waals surface area contributed by atoms with Crippen LogP contribution in [0.25, 0.3) is 0 Å². The van der Waals surface area contributed by atoms with Crippen LogP contribution in [-0.2, 0) is 4.74 Å². The second-order valence-corrected chi connectivity index (χ2v) is 1.38. The van der Waals surface area contributed by atoms with Gasteiger partial charge in [-0.2, -0.15) is 0 Å². The third kappa shape index (κ3) is 1.29. The number of ether oxygens (including phenoxy) is 1. The molecule has 2 heteroatoms. The van der Waals surface area contributed by atoms with E-state index in [1.807, 2.05) is 0 Å². The normalized spacial score (nSPS) is 30.7. The van der Waals surface area contributed by atoms with E-state index in [0.717, 1.165) is 6.42 Å². The molecule has 1 atom stereocenters. The first-order chi connectivity index (χ1) is 3.39. The lowest BCUT2D eigenvalue weighted by atomic mass is 10.3. The predicted molar refractivity (Wildman–Crippen MR) is 24.4 cm³/mol. The minimum Gasteiger partial charge on any atom is -0.364 e. The van der Waals surface area contributed by atoms with Gasteiger partial charge in [-0.05, 0) is 6.42 Å². The molecule has 0 aromatic rings. The molecule has 7 heavy (non-hydrogen) atoms. The molecule has 0 aromatic heterocycles. The lowest BCUT2D eigenvalue weighted by molar-refractivity contribution is -0.0744. The molecule has 1 aliphatic rings. The van der Waals surface area contributed by atoms with Gasteiger partial charge in [0.25, 0.3) is 0 Å². The zero-order valence-electron chi connectivity index (χ0n) is 3.92. The van der Waals surface area contributed by atoms with E-state index in [-0.39, 0.29) is 0 Å². The van der Waals surface area contributed by atoms with Crippen molar-refractivity contribution in [2.24, 2.45) is 0 Å². The zero-order chi connectivity index (χ0) is 5.11. The summed E-state index contributed by atoms with van der Waals surface area (Å²) in [5.41, 5.74) is 0. The zero-order valence-corrected chi connectivity index (χ0v) is 3.92. The topological polar surface area (TPSA) is 29.5 Å². The second-order valence-electron chi connectivity index (χ2n) is 1.38. The van der Waals surface area contributed by atoms with Crippen LogP contribution in [0.1, 0.15) is 6.42 Å². The van der Waals surface area contributed by atoms with Crippen LogP contribution < -0.4 is 0 Å². The van der Waals surface area contributed by atoms with Gasteiger partial charge in [0.15, 0.2) is 6.29 Å². The highest BCUT2D eigenvalue weighted by Crippen LogP contribution is 1.97. The molecular weight excluding hydrogens is 92.1 g/mol. The molecule has 0 saturated carbocycles. The molecule has 1 heterocycles. The van der Waals surface area contributed by atoms with Crippen molar-refractivity contribution in [3.63, 3.8) is 0 Å². The van der Waals surface area contributed by atoms with Gasteiger partial charge in [0.2, 0.25) is 0 Å². The van der Waals surface area contributed by atoms with Gasteiger partial charge in [-0.1, -0.05) is 6.08 Å². The van der Waals surface area contributed by atoms with Gasteiger partial charge in [0, 0.05) is 6.08 Å². The maximum Gasteiger partial charge on any atom is 0.181 e. The summed E-state index contributed by atoms with van der Waals surface area (Å²) >= 11 is 0. The van der Waals surface area contributed by atoms with Crippen LogP contribution in [0.4, 0.5) is 0 Å². The quantitative estimate of drug-likeness (QED) is 0.466. The molecule has 1 rings (SSSR count). The summed E-state index contributed by atoms with van der Waals surface area (Å²) in [6, 6.07) is 0. The molecular formula is C5H7O2. The van der Waals surface area contributed by atoms with Crippen LogP contribution in [0.15, 0.2) is 6.08 Å². The molecule has 0 bridgehead atoms. The van der Waals surface area contributed by atoms with Gasteiger partial charge in [-0.15, -0.1) is 0 Å². The molecule has 0 aliphatic carbocycles. The average Bonchev–Trinajstić information content (AvgIpc) is 1.69. The molecule has 1 aliphatic heterocycles. The van der Waals surface area contributed by atoms with E-state index in [2.05, 4.69) is 6.08 Å². The minimum atomic E-state index is -0.770. The number of aliphatic hydroxyl groups is 1. The number of hydrogen-bond donors (Lipinski definition) is 1. The standard InChI is InChI=1S/C5H7O2/c6-5-3-1-2-4-7-5/h1,5-6H,2,4H2. The molecule has 0 fully saturated rings. The summed E-state index contributed by atoms with van der Waals surface area (Å²) in [6.07, 6.45) is 4.48. The van der Waals surface area contributed by atoms with Crippen LogP contribution in [0.5, 0.6) is 0 Å². The molecule has 0 amide bonds. The predicted octanol–water partition coefficient (Wildman–Crippen LogP) is 0.0845. The third-order valence-electron chi connectivity index (χ3n) is 0.798. The largest absolute Gasteiger partial charge is 0.364 e. The van der Waals surface area contributed by atoms with Crippen LogP contribution in [0, 0.1) is 6.08 Å². The Kier molecular flexibility index (Phi) is 1.44. The summed E-state index contributed by atoms with van der Waals surface area (Å²) in [4.78, 5) is 0. The highest BCUT2D eigenvalue weighted by Gasteiger charge is 2.00. The van der Waals surface area contributed by atoms with E-state index < -0.39 is 6.29 Å². The Labute approximate surface area is 42.4 Å². The first-order valence-corrected chi connectivity index (χ1v) is 2.27. The van der Waals surface area contributed by atoms with Crippen molar-refractivity contribution in [1.82, 2.24) is 0 Å². The molecule has 1 N–H and O–H groups in total. The average molecular weight is 99.1 g/mol. The molecule has 1 unspecified atom stereocenters. The highest BCUT2D eigenvalue weighted by atomic mass is 16.6. The van der Waals surface area contributed by atoms with Gasteiger partial charge in [-0.25, -0.2) is 0 Å². The van der Waals surface area contributed by atoms with Gasteiger partial charge in [0.05, 0.1) is 6.61 Å². The fourth-order valence-corrected chi connectivity index (χ4v) is 0.471. The monoisotopic (exact) mass is 99.0 g/mol. The lowest BCUT2D eigenvalue weighted by Gasteiger charge is -2.08. The van der Waals surface area contributed by atoms with Crippen molar-refractivity contribution >= 4 is 0 Å². The Morgan fingerprint density at radius 3 is 3.00 bits per heavy atom. The SMILES string of the molecule is OC1[C]=CCCO1. The fourth-order valence-electron chi connectivity index (χ4n) is 0.471. The molecule has 2 nitrogen and oxygen atoms in total. The summed E-state index contributed by atoms with van der Waals surface area (Å²) in [5, 5.41) is 8.54. The minimum absolute atomic E-state index is 0.619. The van der Waals surface area contributed by atoms with E-state index in [0.29, 0.717) is 6.61 Å². The summed E-state index contributed by atoms with van der Waals surface area (Å²) in [5.74, 6) is 0.